The molecule has 2 aromatic rings. The molecule has 1 aromatic heterocycles. The lowest BCUT2D eigenvalue weighted by Gasteiger charge is -2.43. The Morgan fingerprint density at radius 3 is 2.74 bits per heavy atom. The molecule has 3 aliphatic rings. The highest BCUT2D eigenvalue weighted by Gasteiger charge is 2.49. The maximum atomic E-state index is 14.1. The van der Waals surface area contributed by atoms with E-state index in [0.717, 1.165) is 37.8 Å². The van der Waals surface area contributed by atoms with Crippen molar-refractivity contribution in [3.05, 3.63) is 35.8 Å². The first kappa shape index (κ1) is 24.3. The quantitative estimate of drug-likeness (QED) is 0.643. The molecule has 0 radical (unpaired) electrons. The molecule has 0 unspecified atom stereocenters. The number of aliphatic hydroxyl groups is 2. The van der Waals surface area contributed by atoms with Gasteiger partial charge in [0.1, 0.15) is 41.5 Å². The van der Waals surface area contributed by atoms with Crippen molar-refractivity contribution in [2.75, 3.05) is 13.7 Å². The monoisotopic (exact) mass is 488 g/mol. The molecule has 1 saturated heterocycles. The lowest BCUT2D eigenvalue weighted by Crippen LogP contribution is -2.57. The van der Waals surface area contributed by atoms with E-state index in [9.17, 15) is 14.6 Å². The SMILES string of the molecule is CO[C@@H]1[C@@H](n2cc(-c3ccc(C)c(F)c3)nn2)[C@@H](O)[C@@H](CO)O[C@@H]1CC1=NOC2(CCCCC2)C1. The van der Waals surface area contributed by atoms with Gasteiger partial charge in [0.15, 0.2) is 0 Å². The average Bonchev–Trinajstić information content (AvgIpc) is 3.49. The Morgan fingerprint density at radius 2 is 2.03 bits per heavy atom. The predicted molar refractivity (Wildman–Crippen MR) is 125 cm³/mol. The molecular formula is C25H33FN4O5. The first-order valence-electron chi connectivity index (χ1n) is 12.3. The molecule has 9 nitrogen and oxygen atoms in total. The summed E-state index contributed by atoms with van der Waals surface area (Å²) in [6.07, 6.45) is 5.43. The minimum absolute atomic E-state index is 0.204. The van der Waals surface area contributed by atoms with Gasteiger partial charge in [-0.05, 0) is 44.2 Å². The number of nitrogens with zero attached hydrogens (tertiary/aromatic N) is 4. The Labute approximate surface area is 203 Å². The minimum Gasteiger partial charge on any atom is -0.394 e. The van der Waals surface area contributed by atoms with E-state index >= 15 is 0 Å². The van der Waals surface area contributed by atoms with Crippen molar-refractivity contribution in [2.24, 2.45) is 5.16 Å². The molecule has 1 spiro atoms. The summed E-state index contributed by atoms with van der Waals surface area (Å²) in [5.41, 5.74) is 2.30. The summed E-state index contributed by atoms with van der Waals surface area (Å²) in [4.78, 5) is 5.90. The van der Waals surface area contributed by atoms with E-state index in [2.05, 4.69) is 15.5 Å². The molecule has 2 N–H and O–H groups in total. The number of aryl methyl sites for hydroxylation is 1. The number of hydrogen-bond acceptors (Lipinski definition) is 8. The number of hydrogen-bond donors (Lipinski definition) is 2. The van der Waals surface area contributed by atoms with Crippen LogP contribution >= 0.6 is 0 Å². The van der Waals surface area contributed by atoms with Crippen molar-refractivity contribution in [3.63, 3.8) is 0 Å². The predicted octanol–water partition coefficient (Wildman–Crippen LogP) is 2.94. The van der Waals surface area contributed by atoms with Gasteiger partial charge in [0.2, 0.25) is 0 Å². The van der Waals surface area contributed by atoms with Crippen LogP contribution in [-0.2, 0) is 14.3 Å². The van der Waals surface area contributed by atoms with E-state index in [0.29, 0.717) is 23.2 Å². The molecule has 2 fully saturated rings. The second kappa shape index (κ2) is 9.93. The van der Waals surface area contributed by atoms with Crippen molar-refractivity contribution >= 4 is 5.71 Å². The zero-order valence-electron chi connectivity index (χ0n) is 20.1. The molecule has 5 atom stereocenters. The lowest BCUT2D eigenvalue weighted by atomic mass is 9.80. The third kappa shape index (κ3) is 4.72. The Morgan fingerprint density at radius 1 is 1.23 bits per heavy atom. The smallest absolute Gasteiger partial charge is 0.143 e. The molecule has 3 heterocycles. The fourth-order valence-corrected chi connectivity index (χ4v) is 5.64. The summed E-state index contributed by atoms with van der Waals surface area (Å²) >= 11 is 0. The van der Waals surface area contributed by atoms with Crippen molar-refractivity contribution < 1.29 is 28.9 Å². The molecule has 0 amide bonds. The van der Waals surface area contributed by atoms with Gasteiger partial charge in [0.25, 0.3) is 0 Å². The maximum Gasteiger partial charge on any atom is 0.143 e. The standard InChI is InChI=1S/C25H33FN4O5/c1-15-6-7-16(10-18(15)26)19-13-30(29-27-19)22-23(32)21(14-31)34-20(24(22)33-2)11-17-12-25(35-28-17)8-4-3-5-9-25/h6-7,10,13,20-24,31-32H,3-5,8-9,11-12,14H2,1-2H3/t20-,21-,22+,23+,24+/m1/s1. The van der Waals surface area contributed by atoms with Gasteiger partial charge in [0, 0.05) is 25.5 Å². The van der Waals surface area contributed by atoms with Crippen LogP contribution in [0.3, 0.4) is 0 Å². The molecule has 35 heavy (non-hydrogen) atoms. The van der Waals surface area contributed by atoms with Crippen molar-refractivity contribution in [3.8, 4) is 11.3 Å². The third-order valence-corrected chi connectivity index (χ3v) is 7.62. The summed E-state index contributed by atoms with van der Waals surface area (Å²) in [7, 11) is 1.56. The fraction of sp³-hybridized carbons (Fsp3) is 0.640. The van der Waals surface area contributed by atoms with Gasteiger partial charge in [-0.25, -0.2) is 9.07 Å². The molecule has 1 aromatic carbocycles. The van der Waals surface area contributed by atoms with Crippen LogP contribution in [0.2, 0.25) is 0 Å². The highest BCUT2D eigenvalue weighted by Crippen LogP contribution is 2.41. The Hall–Kier alpha value is -2.40. The van der Waals surface area contributed by atoms with Crippen molar-refractivity contribution in [1.82, 2.24) is 15.0 Å². The topological polar surface area (TPSA) is 111 Å². The number of ether oxygens (including phenoxy) is 2. The van der Waals surface area contributed by atoms with E-state index in [1.165, 1.54) is 17.2 Å². The highest BCUT2D eigenvalue weighted by molar-refractivity contribution is 5.86. The zero-order valence-corrected chi connectivity index (χ0v) is 20.1. The molecular weight excluding hydrogens is 455 g/mol. The molecule has 1 aliphatic carbocycles. The van der Waals surface area contributed by atoms with Crippen LogP contribution in [0, 0.1) is 12.7 Å². The summed E-state index contributed by atoms with van der Waals surface area (Å²) in [6.45, 7) is 1.34. The summed E-state index contributed by atoms with van der Waals surface area (Å²) in [5, 5.41) is 33.8. The highest BCUT2D eigenvalue weighted by atomic mass is 19.1. The van der Waals surface area contributed by atoms with Crippen molar-refractivity contribution in [1.29, 1.82) is 0 Å². The van der Waals surface area contributed by atoms with Crippen LogP contribution < -0.4 is 0 Å². The first-order valence-corrected chi connectivity index (χ1v) is 12.3. The molecule has 10 heteroatoms. The van der Waals surface area contributed by atoms with E-state index in [-0.39, 0.29) is 18.0 Å². The van der Waals surface area contributed by atoms with Gasteiger partial charge in [-0.15, -0.1) is 5.10 Å². The number of aromatic nitrogens is 3. The summed E-state index contributed by atoms with van der Waals surface area (Å²) in [5.74, 6) is -0.325. The van der Waals surface area contributed by atoms with Crippen LogP contribution in [0.1, 0.15) is 56.6 Å². The molecule has 0 bridgehead atoms. The van der Waals surface area contributed by atoms with E-state index in [1.54, 1.807) is 32.4 Å². The normalized spacial score (nSPS) is 30.3. The zero-order chi connectivity index (χ0) is 24.6. The number of oxime groups is 1. The largest absolute Gasteiger partial charge is 0.394 e. The first-order chi connectivity index (χ1) is 16.9. The van der Waals surface area contributed by atoms with Gasteiger partial charge in [-0.1, -0.05) is 28.9 Å². The van der Waals surface area contributed by atoms with Gasteiger partial charge in [-0.3, -0.25) is 0 Å². The Kier molecular flexibility index (Phi) is 6.89. The lowest BCUT2D eigenvalue weighted by molar-refractivity contribution is -0.210. The fourth-order valence-electron chi connectivity index (χ4n) is 5.64. The number of methoxy groups -OCH3 is 1. The van der Waals surface area contributed by atoms with Crippen LogP contribution in [0.25, 0.3) is 11.3 Å². The van der Waals surface area contributed by atoms with Crippen LogP contribution in [-0.4, -0.2) is 74.7 Å². The third-order valence-electron chi connectivity index (χ3n) is 7.62. The number of halogens is 1. The summed E-state index contributed by atoms with van der Waals surface area (Å²) < 4.78 is 27.5. The number of rotatable bonds is 6. The van der Waals surface area contributed by atoms with Crippen LogP contribution in [0.15, 0.2) is 29.6 Å². The number of benzene rings is 1. The van der Waals surface area contributed by atoms with Crippen LogP contribution in [0.5, 0.6) is 0 Å². The van der Waals surface area contributed by atoms with Gasteiger partial charge in [0.05, 0.1) is 24.6 Å². The maximum absolute atomic E-state index is 14.1. The summed E-state index contributed by atoms with van der Waals surface area (Å²) in [6, 6.07) is 4.21. The van der Waals surface area contributed by atoms with E-state index < -0.39 is 30.5 Å². The van der Waals surface area contributed by atoms with Crippen molar-refractivity contribution in [2.45, 2.75) is 87.9 Å². The Bertz CT molecular complexity index is 1070. The molecule has 1 saturated carbocycles. The second-order valence-electron chi connectivity index (χ2n) is 10.00. The number of aliphatic hydroxyl groups excluding tert-OH is 2. The second-order valence-corrected chi connectivity index (χ2v) is 10.00. The Balaban J connectivity index is 1.38. The minimum atomic E-state index is -1.09. The van der Waals surface area contributed by atoms with E-state index in [1.807, 2.05) is 0 Å². The van der Waals surface area contributed by atoms with Gasteiger partial charge in [-0.2, -0.15) is 0 Å². The van der Waals surface area contributed by atoms with Crippen LogP contribution in [0.4, 0.5) is 4.39 Å². The molecule has 2 aliphatic heterocycles. The average molecular weight is 489 g/mol. The van der Waals surface area contributed by atoms with Gasteiger partial charge < -0.3 is 24.5 Å². The van der Waals surface area contributed by atoms with Gasteiger partial charge >= 0.3 is 0 Å². The molecule has 5 rings (SSSR count). The van der Waals surface area contributed by atoms with E-state index in [4.69, 9.17) is 14.3 Å². The molecule has 190 valence electrons.